The Hall–Kier alpha value is -1.24. The van der Waals surface area contributed by atoms with Crippen LogP contribution in [0.25, 0.3) is 0 Å². The summed E-state index contributed by atoms with van der Waals surface area (Å²) in [5.74, 6) is -0.699. The van der Waals surface area contributed by atoms with Crippen molar-refractivity contribution in [2.24, 2.45) is 0 Å². The number of hydrogen-bond donors (Lipinski definition) is 1. The Balaban J connectivity index is 1.69. The number of nitrogens with zero attached hydrogens (tertiary/aromatic N) is 1. The molecule has 3 rings (SSSR count). The molecule has 0 amide bonds. The van der Waals surface area contributed by atoms with E-state index in [1.807, 2.05) is 51.2 Å². The van der Waals surface area contributed by atoms with Crippen molar-refractivity contribution >= 4 is 0 Å². The Bertz CT molecular complexity index is 545. The van der Waals surface area contributed by atoms with E-state index in [9.17, 15) is 5.11 Å². The van der Waals surface area contributed by atoms with Gasteiger partial charge in [0.1, 0.15) is 18.3 Å². The summed E-state index contributed by atoms with van der Waals surface area (Å²) in [6, 6.07) is 9.71. The van der Waals surface area contributed by atoms with Gasteiger partial charge in [-0.2, -0.15) is 5.06 Å². The molecule has 2 fully saturated rings. The first kappa shape index (κ1) is 15.6. The minimum Gasteiger partial charge on any atom is -0.386 e. The molecular weight excluding hydrogens is 282 g/mol. The van der Waals surface area contributed by atoms with Crippen molar-refractivity contribution in [1.29, 1.82) is 0 Å². The van der Waals surface area contributed by atoms with Crippen molar-refractivity contribution in [2.45, 2.75) is 50.6 Å². The van der Waals surface area contributed by atoms with Crippen LogP contribution in [0.15, 0.2) is 42.5 Å². The summed E-state index contributed by atoms with van der Waals surface area (Å²) in [6.07, 6.45) is -1.41. The molecule has 120 valence electrons. The normalized spacial score (nSPS) is 33.4. The Labute approximate surface area is 131 Å². The second kappa shape index (κ2) is 5.76. The summed E-state index contributed by atoms with van der Waals surface area (Å²) in [4.78, 5) is 5.83. The highest BCUT2D eigenvalue weighted by atomic mass is 16.8. The van der Waals surface area contributed by atoms with Gasteiger partial charge in [-0.05, 0) is 25.0 Å². The lowest BCUT2D eigenvalue weighted by molar-refractivity contribution is -0.204. The molecule has 4 atom stereocenters. The van der Waals surface area contributed by atoms with Crippen LogP contribution < -0.4 is 0 Å². The zero-order valence-corrected chi connectivity index (χ0v) is 13.2. The van der Waals surface area contributed by atoms with Gasteiger partial charge in [0.05, 0.1) is 12.6 Å². The van der Waals surface area contributed by atoms with Crippen LogP contribution in [0.3, 0.4) is 0 Å². The summed E-state index contributed by atoms with van der Waals surface area (Å²) in [6.45, 7) is 8.15. The van der Waals surface area contributed by atoms with E-state index in [0.29, 0.717) is 12.2 Å². The number of benzene rings is 1. The van der Waals surface area contributed by atoms with Gasteiger partial charge < -0.3 is 14.6 Å². The van der Waals surface area contributed by atoms with E-state index in [-0.39, 0.29) is 12.1 Å². The lowest BCUT2D eigenvalue weighted by Gasteiger charge is -2.29. The quantitative estimate of drug-likeness (QED) is 0.680. The molecule has 1 aromatic rings. The number of hydrogen-bond acceptors (Lipinski definition) is 5. The van der Waals surface area contributed by atoms with Gasteiger partial charge in [0, 0.05) is 7.05 Å². The minimum absolute atomic E-state index is 0.231. The van der Waals surface area contributed by atoms with Crippen molar-refractivity contribution in [3.05, 3.63) is 48.0 Å². The number of hydroxylamine groups is 2. The van der Waals surface area contributed by atoms with Crippen molar-refractivity contribution in [3.63, 3.8) is 0 Å². The second-order valence-electron chi connectivity index (χ2n) is 6.33. The molecule has 1 aliphatic heterocycles. The smallest absolute Gasteiger partial charge is 0.164 e. The molecule has 0 radical (unpaired) electrons. The van der Waals surface area contributed by atoms with Crippen LogP contribution in [0, 0.1) is 0 Å². The van der Waals surface area contributed by atoms with E-state index < -0.39 is 18.0 Å². The van der Waals surface area contributed by atoms with Crippen LogP contribution in [-0.2, 0) is 20.9 Å². The van der Waals surface area contributed by atoms with Gasteiger partial charge in [0.15, 0.2) is 5.79 Å². The zero-order chi connectivity index (χ0) is 15.9. The maximum atomic E-state index is 10.3. The molecule has 22 heavy (non-hydrogen) atoms. The van der Waals surface area contributed by atoms with Crippen LogP contribution in [0.5, 0.6) is 0 Å². The molecule has 1 N–H and O–H groups in total. The van der Waals surface area contributed by atoms with E-state index in [4.69, 9.17) is 14.3 Å². The van der Waals surface area contributed by atoms with E-state index in [2.05, 4.69) is 6.58 Å². The molecule has 0 unspecified atom stereocenters. The maximum Gasteiger partial charge on any atom is 0.164 e. The third-order valence-electron chi connectivity index (χ3n) is 4.22. The first-order valence-electron chi connectivity index (χ1n) is 7.51. The lowest BCUT2D eigenvalue weighted by Crippen LogP contribution is -2.41. The molecule has 1 saturated heterocycles. The Morgan fingerprint density at radius 2 is 1.86 bits per heavy atom. The third-order valence-corrected chi connectivity index (χ3v) is 4.22. The largest absolute Gasteiger partial charge is 0.386 e. The SMILES string of the molecule is C=C1[C@@H](O)[C@H]2OC(C)(C)O[C@H]2[C@@H]1N(C)OCc1ccccc1. The fraction of sp³-hybridized carbons (Fsp3) is 0.529. The van der Waals surface area contributed by atoms with Crippen LogP contribution in [0.1, 0.15) is 19.4 Å². The number of aliphatic hydroxyl groups is 1. The highest BCUT2D eigenvalue weighted by molar-refractivity contribution is 5.26. The third kappa shape index (κ3) is 2.83. The van der Waals surface area contributed by atoms with Crippen LogP contribution >= 0.6 is 0 Å². The summed E-state index contributed by atoms with van der Waals surface area (Å²) >= 11 is 0. The Morgan fingerprint density at radius 3 is 2.55 bits per heavy atom. The molecule has 5 heteroatoms. The van der Waals surface area contributed by atoms with Crippen molar-refractivity contribution in [3.8, 4) is 0 Å². The molecular formula is C17H23NO4. The van der Waals surface area contributed by atoms with E-state index in [1.54, 1.807) is 5.06 Å². The average Bonchev–Trinajstić information content (AvgIpc) is 2.90. The van der Waals surface area contributed by atoms with Crippen LogP contribution in [0.2, 0.25) is 0 Å². The Morgan fingerprint density at radius 1 is 1.23 bits per heavy atom. The number of fused-ring (bicyclic) bond motifs is 1. The van der Waals surface area contributed by atoms with Crippen LogP contribution in [-0.4, -0.2) is 47.4 Å². The number of ether oxygens (including phenoxy) is 2. The van der Waals surface area contributed by atoms with E-state index >= 15 is 0 Å². The minimum atomic E-state index is -0.737. The van der Waals surface area contributed by atoms with Crippen molar-refractivity contribution in [1.82, 2.24) is 5.06 Å². The molecule has 1 saturated carbocycles. The molecule has 1 aliphatic carbocycles. The van der Waals surface area contributed by atoms with Gasteiger partial charge in [-0.3, -0.25) is 4.84 Å². The van der Waals surface area contributed by atoms with Gasteiger partial charge in [-0.25, -0.2) is 0 Å². The summed E-state index contributed by atoms with van der Waals surface area (Å²) < 4.78 is 11.7. The molecule has 5 nitrogen and oxygen atoms in total. The van der Waals surface area contributed by atoms with Gasteiger partial charge in [-0.15, -0.1) is 0 Å². The highest BCUT2D eigenvalue weighted by Gasteiger charge is 2.57. The zero-order valence-electron chi connectivity index (χ0n) is 13.2. The fourth-order valence-corrected chi connectivity index (χ4v) is 3.17. The molecule has 1 heterocycles. The molecule has 0 spiro atoms. The standard InChI is InChI=1S/C17H23NO4/c1-11-13(15-16(14(11)19)22-17(2,3)21-15)18(4)20-10-12-8-6-5-7-9-12/h5-9,13-16,19H,1,10H2,2-4H3/t13-,14-,15+,16-/m1/s1. The van der Waals surface area contributed by atoms with E-state index in [0.717, 1.165) is 5.56 Å². The van der Waals surface area contributed by atoms with Gasteiger partial charge in [-0.1, -0.05) is 36.9 Å². The fourth-order valence-electron chi connectivity index (χ4n) is 3.17. The summed E-state index contributed by atoms with van der Waals surface area (Å²) in [5.41, 5.74) is 1.75. The van der Waals surface area contributed by atoms with Crippen LogP contribution in [0.4, 0.5) is 0 Å². The molecule has 0 bridgehead atoms. The van der Waals surface area contributed by atoms with Gasteiger partial charge >= 0.3 is 0 Å². The Kier molecular flexibility index (Phi) is 4.09. The second-order valence-corrected chi connectivity index (χ2v) is 6.33. The number of likely N-dealkylation sites (N-methyl/N-ethyl adjacent to an activating group) is 1. The molecule has 2 aliphatic rings. The topological polar surface area (TPSA) is 51.2 Å². The first-order valence-corrected chi connectivity index (χ1v) is 7.51. The monoisotopic (exact) mass is 305 g/mol. The van der Waals surface area contributed by atoms with Gasteiger partial charge in [0.25, 0.3) is 0 Å². The molecule has 0 aromatic heterocycles. The number of rotatable bonds is 4. The highest BCUT2D eigenvalue weighted by Crippen LogP contribution is 2.42. The van der Waals surface area contributed by atoms with Crippen molar-refractivity contribution < 1.29 is 19.4 Å². The van der Waals surface area contributed by atoms with Gasteiger partial charge in [0.2, 0.25) is 0 Å². The predicted molar refractivity (Wildman–Crippen MR) is 81.8 cm³/mol. The predicted octanol–water partition coefficient (Wildman–Crippen LogP) is 1.87. The van der Waals surface area contributed by atoms with E-state index in [1.165, 1.54) is 0 Å². The lowest BCUT2D eigenvalue weighted by atomic mass is 10.1. The summed E-state index contributed by atoms with van der Waals surface area (Å²) in [5, 5.41) is 12.0. The average molecular weight is 305 g/mol. The molecule has 1 aromatic carbocycles. The van der Waals surface area contributed by atoms with Crippen molar-refractivity contribution in [2.75, 3.05) is 7.05 Å². The first-order chi connectivity index (χ1) is 10.4. The maximum absolute atomic E-state index is 10.3. The summed E-state index contributed by atoms with van der Waals surface area (Å²) in [7, 11) is 1.84. The number of aliphatic hydroxyl groups excluding tert-OH is 1.